The second-order valence-electron chi connectivity index (χ2n) is 19.7. The van der Waals surface area contributed by atoms with E-state index in [1.165, 1.54) is 18.4 Å². The van der Waals surface area contributed by atoms with Crippen LogP contribution in [0.2, 0.25) is 5.02 Å². The first-order chi connectivity index (χ1) is 30.3. The van der Waals surface area contributed by atoms with Crippen molar-refractivity contribution in [3.8, 4) is 5.69 Å². The van der Waals surface area contributed by atoms with Crippen molar-refractivity contribution < 1.29 is 24.0 Å². The lowest BCUT2D eigenvalue weighted by atomic mass is 9.59. The maximum absolute atomic E-state index is 13.9. The van der Waals surface area contributed by atoms with E-state index in [0.29, 0.717) is 44.8 Å². The molecule has 4 saturated heterocycles. The SMILES string of the molecule is CC1(C)c2cc(C3CCN(C(=O)C4CCN(C5CC6(CCN(c7ccc8c(c7)C(=O)N(C7CCC(=O)NC7=O)C8=O)CC6)C5)CC4)CC3)ccc2-n2c1nc(=O)c1c(Cl)cccc12. The van der Waals surface area contributed by atoms with E-state index in [2.05, 4.69) is 61.6 Å². The van der Waals surface area contributed by atoms with Crippen LogP contribution in [0.3, 0.4) is 0 Å². The first kappa shape index (κ1) is 40.4. The first-order valence-corrected chi connectivity index (χ1v) is 23.2. The molecule has 1 saturated carbocycles. The summed E-state index contributed by atoms with van der Waals surface area (Å²) in [5.41, 5.74) is 5.37. The van der Waals surface area contributed by atoms with Crippen molar-refractivity contribution in [3.05, 3.63) is 98.1 Å². The zero-order chi connectivity index (χ0) is 43.5. The third kappa shape index (κ3) is 6.46. The number of hydrogen-bond acceptors (Lipinski definition) is 9. The second-order valence-corrected chi connectivity index (χ2v) is 20.2. The van der Waals surface area contributed by atoms with Gasteiger partial charge in [0.2, 0.25) is 17.7 Å². The zero-order valence-electron chi connectivity index (χ0n) is 35.8. The molecular formula is C49H52ClN7O6. The number of rotatable bonds is 5. The third-order valence-electron chi connectivity index (χ3n) is 16.0. The summed E-state index contributed by atoms with van der Waals surface area (Å²) in [7, 11) is 0. The van der Waals surface area contributed by atoms with E-state index in [4.69, 9.17) is 11.6 Å². The largest absolute Gasteiger partial charge is 0.371 e. The van der Waals surface area contributed by atoms with Gasteiger partial charge in [-0.1, -0.05) is 29.8 Å². The van der Waals surface area contributed by atoms with Crippen LogP contribution in [0, 0.1) is 11.3 Å². The van der Waals surface area contributed by atoms with E-state index in [-0.39, 0.29) is 30.2 Å². The Labute approximate surface area is 370 Å². The topological polar surface area (TPSA) is 145 Å². The number of fused-ring (bicyclic) bond motifs is 6. The van der Waals surface area contributed by atoms with Gasteiger partial charge >= 0.3 is 0 Å². The van der Waals surface area contributed by atoms with Crippen molar-refractivity contribution in [1.82, 2.24) is 29.6 Å². The highest BCUT2D eigenvalue weighted by molar-refractivity contribution is 6.35. The molecule has 1 atom stereocenters. The molecule has 1 aromatic heterocycles. The molecule has 7 heterocycles. The fourth-order valence-electron chi connectivity index (χ4n) is 12.2. The lowest BCUT2D eigenvalue weighted by molar-refractivity contribution is -0.139. The van der Waals surface area contributed by atoms with Crippen molar-refractivity contribution in [2.75, 3.05) is 44.2 Å². The summed E-state index contributed by atoms with van der Waals surface area (Å²) in [5.74, 6) is -0.445. The molecule has 7 aliphatic rings. The Morgan fingerprint density at radius 3 is 2.27 bits per heavy atom. The second kappa shape index (κ2) is 14.8. The molecule has 1 N–H and O–H groups in total. The number of benzene rings is 3. The van der Waals surface area contributed by atoms with Gasteiger partial charge in [-0.3, -0.25) is 43.6 Å². The minimum Gasteiger partial charge on any atom is -0.371 e. The van der Waals surface area contributed by atoms with Crippen LogP contribution in [0.15, 0.2) is 59.4 Å². The van der Waals surface area contributed by atoms with Crippen LogP contribution in [0.25, 0.3) is 16.6 Å². The molecule has 4 aromatic rings. The standard InChI is InChI=1S/C49H52ClN7O6/c1-48(2)35-24-30(6-9-37(35)56-38-5-3-4-36(50)41(38)43(60)52-47(48)56)28-12-20-55(21-13-28)44(61)29-14-18-53(19-15-29)32-26-49(27-32)16-22-54(23-17-49)31-7-8-33-34(25-31)46(63)57(45(33)62)39-10-11-40(58)51-42(39)59/h3-9,24-25,28-29,32,39H,10-23,26-27H2,1-2H3,(H,51,58,59). The predicted octanol–water partition coefficient (Wildman–Crippen LogP) is 5.95. The molecule has 0 radical (unpaired) electrons. The highest BCUT2D eigenvalue weighted by Gasteiger charge is 2.49. The van der Waals surface area contributed by atoms with Crippen LogP contribution in [0.5, 0.6) is 0 Å². The fourth-order valence-corrected chi connectivity index (χ4v) is 12.5. The van der Waals surface area contributed by atoms with Crippen molar-refractivity contribution in [3.63, 3.8) is 0 Å². The Bertz CT molecular complexity index is 2700. The summed E-state index contributed by atoms with van der Waals surface area (Å²) >= 11 is 6.47. The number of imide groups is 2. The average Bonchev–Trinajstić information content (AvgIpc) is 3.66. The molecule has 3 aromatic carbocycles. The van der Waals surface area contributed by atoms with E-state index in [1.54, 1.807) is 18.2 Å². The number of anilines is 1. The number of piperidine rings is 4. The molecule has 13 nitrogen and oxygen atoms in total. The summed E-state index contributed by atoms with van der Waals surface area (Å²) in [6.45, 7) is 9.49. The lowest BCUT2D eigenvalue weighted by Gasteiger charge is -2.56. The highest BCUT2D eigenvalue weighted by Crippen LogP contribution is 2.52. The summed E-state index contributed by atoms with van der Waals surface area (Å²) in [5, 5.41) is 3.12. The Hall–Kier alpha value is -5.40. The third-order valence-corrected chi connectivity index (χ3v) is 16.3. The molecule has 326 valence electrons. The smallest absolute Gasteiger partial charge is 0.282 e. The van der Waals surface area contributed by atoms with E-state index >= 15 is 0 Å². The summed E-state index contributed by atoms with van der Waals surface area (Å²) in [6, 6.07) is 17.2. The van der Waals surface area contributed by atoms with Crippen LogP contribution in [-0.4, -0.2) is 105 Å². The maximum atomic E-state index is 13.9. The number of amides is 5. The van der Waals surface area contributed by atoms with Crippen molar-refractivity contribution in [2.24, 2.45) is 11.3 Å². The molecule has 11 rings (SSSR count). The molecule has 1 unspecified atom stereocenters. The van der Waals surface area contributed by atoms with E-state index in [0.717, 1.165) is 111 Å². The van der Waals surface area contributed by atoms with Crippen molar-refractivity contribution >= 4 is 57.7 Å². The van der Waals surface area contributed by atoms with Crippen LogP contribution >= 0.6 is 11.6 Å². The molecule has 1 aliphatic carbocycles. The molecule has 6 aliphatic heterocycles. The lowest BCUT2D eigenvalue weighted by Crippen LogP contribution is -2.57. The monoisotopic (exact) mass is 869 g/mol. The van der Waals surface area contributed by atoms with Gasteiger partial charge in [0.1, 0.15) is 11.9 Å². The van der Waals surface area contributed by atoms with E-state index < -0.39 is 29.2 Å². The minimum atomic E-state index is -0.968. The van der Waals surface area contributed by atoms with Crippen LogP contribution in [-0.2, 0) is 19.8 Å². The van der Waals surface area contributed by atoms with Crippen molar-refractivity contribution in [1.29, 1.82) is 0 Å². The number of carbonyl (C=O) groups is 5. The Kier molecular flexibility index (Phi) is 9.51. The van der Waals surface area contributed by atoms with Crippen molar-refractivity contribution in [2.45, 2.75) is 101 Å². The summed E-state index contributed by atoms with van der Waals surface area (Å²) in [4.78, 5) is 90.3. The summed E-state index contributed by atoms with van der Waals surface area (Å²) in [6.07, 6.45) is 8.42. The van der Waals surface area contributed by atoms with Crippen LogP contribution in [0.1, 0.15) is 122 Å². The van der Waals surface area contributed by atoms with Gasteiger partial charge in [0, 0.05) is 50.2 Å². The average molecular weight is 870 g/mol. The van der Waals surface area contributed by atoms with Gasteiger partial charge in [0.05, 0.1) is 38.2 Å². The maximum Gasteiger partial charge on any atom is 0.282 e. The fraction of sp³-hybridized carbons (Fsp3) is 0.490. The van der Waals surface area contributed by atoms with E-state index in [1.807, 2.05) is 18.2 Å². The summed E-state index contributed by atoms with van der Waals surface area (Å²) < 4.78 is 2.10. The number of carbonyl (C=O) groups excluding carboxylic acids is 5. The molecule has 5 amide bonds. The molecule has 14 heteroatoms. The number of halogens is 1. The number of nitrogens with zero attached hydrogens (tertiary/aromatic N) is 6. The minimum absolute atomic E-state index is 0.0822. The van der Waals surface area contributed by atoms with Gasteiger partial charge in [-0.15, -0.1) is 0 Å². The van der Waals surface area contributed by atoms with Gasteiger partial charge < -0.3 is 14.7 Å². The van der Waals surface area contributed by atoms with E-state index in [9.17, 15) is 28.8 Å². The molecule has 5 fully saturated rings. The number of likely N-dealkylation sites (tertiary alicyclic amines) is 2. The van der Waals surface area contributed by atoms with Crippen LogP contribution in [0.4, 0.5) is 5.69 Å². The number of hydrogen-bond donors (Lipinski definition) is 1. The van der Waals surface area contributed by atoms with Crippen LogP contribution < -0.4 is 15.8 Å². The van der Waals surface area contributed by atoms with Gasteiger partial charge in [0.15, 0.2) is 0 Å². The molecular weight excluding hydrogens is 818 g/mol. The number of aromatic nitrogens is 2. The predicted molar refractivity (Wildman–Crippen MR) is 237 cm³/mol. The normalized spacial score (nSPS) is 23.9. The highest BCUT2D eigenvalue weighted by atomic mass is 35.5. The van der Waals surface area contributed by atoms with Gasteiger partial charge in [0.25, 0.3) is 17.4 Å². The van der Waals surface area contributed by atoms with Gasteiger partial charge in [-0.2, -0.15) is 4.98 Å². The Balaban J connectivity index is 0.655. The Morgan fingerprint density at radius 2 is 1.54 bits per heavy atom. The number of nitrogens with one attached hydrogen (secondary N) is 1. The first-order valence-electron chi connectivity index (χ1n) is 22.8. The van der Waals surface area contributed by atoms with Gasteiger partial charge in [-0.25, -0.2) is 0 Å². The van der Waals surface area contributed by atoms with Gasteiger partial charge in [-0.05, 0) is 144 Å². The molecule has 0 bridgehead atoms. The Morgan fingerprint density at radius 1 is 0.810 bits per heavy atom. The zero-order valence-corrected chi connectivity index (χ0v) is 36.6. The molecule has 63 heavy (non-hydrogen) atoms. The molecule has 1 spiro atoms. The quantitative estimate of drug-likeness (QED) is 0.241.